The Kier molecular flexibility index (Phi) is 3.20. The van der Waals surface area contributed by atoms with Gasteiger partial charge in [0, 0.05) is 0 Å². The molecule has 1 heterocycles. The molecule has 0 saturated carbocycles. The summed E-state index contributed by atoms with van der Waals surface area (Å²) in [5, 5.41) is 3.88. The minimum absolute atomic E-state index is 0.0537. The lowest BCUT2D eigenvalue weighted by Gasteiger charge is -2.05. The SMILES string of the molecule is COC(=O)c1cnn(-c2ccc(F)c(Cl)c2)c1N. The molecule has 1 aromatic carbocycles. The molecule has 0 saturated heterocycles. The second-order valence-corrected chi connectivity index (χ2v) is 3.85. The Labute approximate surface area is 107 Å². The van der Waals surface area contributed by atoms with E-state index >= 15 is 0 Å². The fourth-order valence-corrected chi connectivity index (χ4v) is 1.62. The zero-order valence-electron chi connectivity index (χ0n) is 9.35. The Morgan fingerprint density at radius 3 is 2.89 bits per heavy atom. The van der Waals surface area contributed by atoms with Crippen LogP contribution < -0.4 is 5.73 Å². The maximum Gasteiger partial charge on any atom is 0.343 e. The molecule has 7 heteroatoms. The van der Waals surface area contributed by atoms with Gasteiger partial charge in [-0.25, -0.2) is 13.9 Å². The quantitative estimate of drug-likeness (QED) is 0.847. The summed E-state index contributed by atoms with van der Waals surface area (Å²) in [5.41, 5.74) is 6.35. The van der Waals surface area contributed by atoms with Crippen LogP contribution in [-0.4, -0.2) is 22.9 Å². The van der Waals surface area contributed by atoms with Crippen LogP contribution in [0.15, 0.2) is 24.4 Å². The molecule has 0 fully saturated rings. The number of esters is 1. The van der Waals surface area contributed by atoms with Gasteiger partial charge in [-0.15, -0.1) is 0 Å². The van der Waals surface area contributed by atoms with Crippen LogP contribution >= 0.6 is 11.6 Å². The molecule has 0 amide bonds. The van der Waals surface area contributed by atoms with Crippen molar-refractivity contribution in [3.05, 3.63) is 40.8 Å². The topological polar surface area (TPSA) is 70.1 Å². The average Bonchev–Trinajstić information content (AvgIpc) is 2.74. The number of hydrogen-bond donors (Lipinski definition) is 1. The Balaban J connectivity index is 2.48. The van der Waals surface area contributed by atoms with E-state index in [1.165, 1.54) is 36.2 Å². The van der Waals surface area contributed by atoms with Crippen molar-refractivity contribution in [2.75, 3.05) is 12.8 Å². The predicted molar refractivity (Wildman–Crippen MR) is 64.3 cm³/mol. The molecule has 1 aromatic heterocycles. The van der Waals surface area contributed by atoms with Gasteiger partial charge in [0.2, 0.25) is 0 Å². The Morgan fingerprint density at radius 1 is 1.56 bits per heavy atom. The van der Waals surface area contributed by atoms with E-state index in [9.17, 15) is 9.18 Å². The van der Waals surface area contributed by atoms with E-state index in [0.29, 0.717) is 5.69 Å². The molecule has 0 atom stereocenters. The number of halogens is 2. The molecular formula is C11H9ClFN3O2. The van der Waals surface area contributed by atoms with Crippen LogP contribution in [-0.2, 0) is 4.74 Å². The van der Waals surface area contributed by atoms with Gasteiger partial charge in [-0.3, -0.25) is 0 Å². The summed E-state index contributed by atoms with van der Waals surface area (Å²) in [6, 6.07) is 4.00. The van der Waals surface area contributed by atoms with Crippen molar-refractivity contribution in [3.8, 4) is 5.69 Å². The molecule has 0 unspecified atom stereocenters. The molecule has 0 aliphatic heterocycles. The van der Waals surface area contributed by atoms with Crippen molar-refractivity contribution >= 4 is 23.4 Å². The molecule has 0 spiro atoms. The Bertz CT molecular complexity index is 612. The van der Waals surface area contributed by atoms with Crippen LogP contribution in [0.4, 0.5) is 10.2 Å². The van der Waals surface area contributed by atoms with Crippen molar-refractivity contribution in [1.29, 1.82) is 0 Å². The zero-order valence-corrected chi connectivity index (χ0v) is 10.1. The van der Waals surface area contributed by atoms with Gasteiger partial charge in [0.25, 0.3) is 0 Å². The van der Waals surface area contributed by atoms with Crippen LogP contribution in [0, 0.1) is 5.82 Å². The second kappa shape index (κ2) is 4.66. The molecule has 0 aliphatic rings. The normalized spacial score (nSPS) is 10.4. The Morgan fingerprint density at radius 2 is 2.28 bits per heavy atom. The maximum atomic E-state index is 13.0. The first-order chi connectivity index (χ1) is 8.54. The van der Waals surface area contributed by atoms with E-state index in [1.54, 1.807) is 0 Å². The first-order valence-corrected chi connectivity index (χ1v) is 5.29. The number of benzene rings is 1. The highest BCUT2D eigenvalue weighted by Crippen LogP contribution is 2.22. The minimum atomic E-state index is -0.591. The molecule has 94 valence electrons. The van der Waals surface area contributed by atoms with Crippen LogP contribution in [0.2, 0.25) is 5.02 Å². The first-order valence-electron chi connectivity index (χ1n) is 4.92. The van der Waals surface area contributed by atoms with Crippen LogP contribution in [0.25, 0.3) is 5.69 Å². The van der Waals surface area contributed by atoms with E-state index in [2.05, 4.69) is 9.84 Å². The van der Waals surface area contributed by atoms with Gasteiger partial charge in [0.1, 0.15) is 17.2 Å². The van der Waals surface area contributed by atoms with Gasteiger partial charge in [-0.1, -0.05) is 11.6 Å². The van der Waals surface area contributed by atoms with Gasteiger partial charge in [-0.05, 0) is 18.2 Å². The van der Waals surface area contributed by atoms with Gasteiger partial charge < -0.3 is 10.5 Å². The van der Waals surface area contributed by atoms with Crippen molar-refractivity contribution < 1.29 is 13.9 Å². The second-order valence-electron chi connectivity index (χ2n) is 3.45. The molecule has 5 nitrogen and oxygen atoms in total. The van der Waals surface area contributed by atoms with Crippen LogP contribution in [0.5, 0.6) is 0 Å². The highest BCUT2D eigenvalue weighted by atomic mass is 35.5. The summed E-state index contributed by atoms with van der Waals surface area (Å²) in [6.45, 7) is 0. The standard InChI is InChI=1S/C11H9ClFN3O2/c1-18-11(17)7-5-15-16(10(7)14)6-2-3-9(13)8(12)4-6/h2-5H,14H2,1H3. The number of rotatable bonds is 2. The van der Waals surface area contributed by atoms with E-state index < -0.39 is 11.8 Å². The first kappa shape index (κ1) is 12.4. The van der Waals surface area contributed by atoms with Crippen LogP contribution in [0.3, 0.4) is 0 Å². The number of carbonyl (C=O) groups is 1. The summed E-state index contributed by atoms with van der Waals surface area (Å²) < 4.78 is 18.9. The number of ether oxygens (including phenoxy) is 1. The molecule has 2 aromatic rings. The van der Waals surface area contributed by atoms with Crippen molar-refractivity contribution in [2.45, 2.75) is 0 Å². The molecule has 0 radical (unpaired) electrons. The largest absolute Gasteiger partial charge is 0.465 e. The highest BCUT2D eigenvalue weighted by molar-refractivity contribution is 6.30. The summed E-state index contributed by atoms with van der Waals surface area (Å²) in [4.78, 5) is 11.4. The van der Waals surface area contributed by atoms with Gasteiger partial charge in [-0.2, -0.15) is 5.10 Å². The summed E-state index contributed by atoms with van der Waals surface area (Å²) in [6.07, 6.45) is 1.28. The molecule has 2 rings (SSSR count). The average molecular weight is 270 g/mol. The molecular weight excluding hydrogens is 261 g/mol. The number of hydrogen-bond acceptors (Lipinski definition) is 4. The van der Waals surface area contributed by atoms with E-state index in [4.69, 9.17) is 17.3 Å². The summed E-state index contributed by atoms with van der Waals surface area (Å²) in [7, 11) is 1.24. The maximum absolute atomic E-state index is 13.0. The van der Waals surface area contributed by atoms with E-state index in [0.717, 1.165) is 0 Å². The number of nitrogens with two attached hydrogens (primary N) is 1. The van der Waals surface area contributed by atoms with Crippen LogP contribution in [0.1, 0.15) is 10.4 Å². The monoisotopic (exact) mass is 269 g/mol. The third-order valence-electron chi connectivity index (χ3n) is 2.36. The number of carbonyl (C=O) groups excluding carboxylic acids is 1. The Hall–Kier alpha value is -2.08. The molecule has 0 bridgehead atoms. The smallest absolute Gasteiger partial charge is 0.343 e. The van der Waals surface area contributed by atoms with Crippen molar-refractivity contribution in [3.63, 3.8) is 0 Å². The van der Waals surface area contributed by atoms with Gasteiger partial charge in [0.05, 0.1) is 24.0 Å². The zero-order chi connectivity index (χ0) is 13.3. The molecule has 18 heavy (non-hydrogen) atoms. The number of anilines is 1. The fraction of sp³-hybridized carbons (Fsp3) is 0.0909. The van der Waals surface area contributed by atoms with Gasteiger partial charge in [0.15, 0.2) is 0 Å². The van der Waals surface area contributed by atoms with Crippen molar-refractivity contribution in [2.24, 2.45) is 0 Å². The van der Waals surface area contributed by atoms with E-state index in [1.807, 2.05) is 0 Å². The lowest BCUT2D eigenvalue weighted by atomic mass is 10.3. The third kappa shape index (κ3) is 2.02. The third-order valence-corrected chi connectivity index (χ3v) is 2.65. The van der Waals surface area contributed by atoms with Crippen molar-refractivity contribution in [1.82, 2.24) is 9.78 Å². The fourth-order valence-electron chi connectivity index (χ4n) is 1.45. The summed E-state index contributed by atoms with van der Waals surface area (Å²) >= 11 is 5.66. The highest BCUT2D eigenvalue weighted by Gasteiger charge is 2.16. The van der Waals surface area contributed by atoms with E-state index in [-0.39, 0.29) is 16.4 Å². The number of nitrogens with zero attached hydrogens (tertiary/aromatic N) is 2. The number of methoxy groups -OCH3 is 1. The summed E-state index contributed by atoms with van der Waals surface area (Å²) in [5.74, 6) is -1.03. The number of aromatic nitrogens is 2. The predicted octanol–water partition coefficient (Wildman–Crippen LogP) is 2.03. The lowest BCUT2D eigenvalue weighted by Crippen LogP contribution is -2.07. The van der Waals surface area contributed by atoms with Gasteiger partial charge >= 0.3 is 5.97 Å². The number of nitrogen functional groups attached to an aromatic ring is 1. The molecule has 0 aliphatic carbocycles. The molecule has 2 N–H and O–H groups in total. The minimum Gasteiger partial charge on any atom is -0.465 e. The lowest BCUT2D eigenvalue weighted by molar-refractivity contribution is 0.0602.